The molecule has 0 heterocycles. The first-order valence-electron chi connectivity index (χ1n) is 7.72. The van der Waals surface area contributed by atoms with E-state index in [4.69, 9.17) is 5.26 Å². The summed E-state index contributed by atoms with van der Waals surface area (Å²) in [6, 6.07) is 10.2. The molecule has 0 saturated heterocycles. The molecule has 1 rings (SSSR count). The predicted octanol–water partition coefficient (Wildman–Crippen LogP) is 4.45. The zero-order valence-electron chi connectivity index (χ0n) is 13.4. The maximum atomic E-state index is 8.84. The van der Waals surface area contributed by atoms with E-state index in [0.29, 0.717) is 0 Å². The van der Waals surface area contributed by atoms with E-state index < -0.39 is 0 Å². The van der Waals surface area contributed by atoms with Crippen molar-refractivity contribution < 1.29 is 0 Å². The van der Waals surface area contributed by atoms with E-state index in [-0.39, 0.29) is 0 Å². The molecule has 0 saturated carbocycles. The Morgan fingerprint density at radius 1 is 0.950 bits per heavy atom. The SMILES string of the molecule is CC(C)CCN(CCC(C)C)Cc1ccc(C#N)cc1. The van der Waals surface area contributed by atoms with E-state index in [2.05, 4.69) is 50.8 Å². The highest BCUT2D eigenvalue weighted by molar-refractivity contribution is 5.31. The van der Waals surface area contributed by atoms with Crippen molar-refractivity contribution in [3.05, 3.63) is 35.4 Å². The molecule has 0 aliphatic rings. The molecule has 0 spiro atoms. The van der Waals surface area contributed by atoms with Crippen molar-refractivity contribution in [2.75, 3.05) is 13.1 Å². The third-order valence-corrected chi connectivity index (χ3v) is 3.53. The van der Waals surface area contributed by atoms with Gasteiger partial charge in [-0.25, -0.2) is 0 Å². The van der Waals surface area contributed by atoms with E-state index in [0.717, 1.165) is 37.0 Å². The lowest BCUT2D eigenvalue weighted by Gasteiger charge is -2.24. The highest BCUT2D eigenvalue weighted by atomic mass is 15.1. The molecule has 0 aromatic heterocycles. The van der Waals surface area contributed by atoms with Crippen LogP contribution in [0.15, 0.2) is 24.3 Å². The largest absolute Gasteiger partial charge is 0.299 e. The topological polar surface area (TPSA) is 27.0 Å². The van der Waals surface area contributed by atoms with E-state index in [1.807, 2.05) is 12.1 Å². The molecule has 0 aliphatic heterocycles. The molecule has 0 amide bonds. The average Bonchev–Trinajstić information content (AvgIpc) is 2.42. The van der Waals surface area contributed by atoms with Crippen molar-refractivity contribution in [3.8, 4) is 6.07 Å². The molecule has 0 aliphatic carbocycles. The summed E-state index contributed by atoms with van der Waals surface area (Å²) >= 11 is 0. The maximum Gasteiger partial charge on any atom is 0.0991 e. The molecular weight excluding hydrogens is 244 g/mol. The van der Waals surface area contributed by atoms with Crippen molar-refractivity contribution in [1.82, 2.24) is 4.90 Å². The second-order valence-corrected chi connectivity index (χ2v) is 6.45. The molecule has 2 nitrogen and oxygen atoms in total. The van der Waals surface area contributed by atoms with Crippen LogP contribution < -0.4 is 0 Å². The summed E-state index contributed by atoms with van der Waals surface area (Å²) < 4.78 is 0. The summed E-state index contributed by atoms with van der Waals surface area (Å²) in [6.07, 6.45) is 2.49. The van der Waals surface area contributed by atoms with Crippen LogP contribution in [0.1, 0.15) is 51.7 Å². The van der Waals surface area contributed by atoms with Crippen LogP contribution in [0.25, 0.3) is 0 Å². The van der Waals surface area contributed by atoms with Gasteiger partial charge in [-0.15, -0.1) is 0 Å². The minimum Gasteiger partial charge on any atom is -0.299 e. The summed E-state index contributed by atoms with van der Waals surface area (Å²) in [5.41, 5.74) is 2.04. The van der Waals surface area contributed by atoms with Gasteiger partial charge < -0.3 is 0 Å². The summed E-state index contributed by atoms with van der Waals surface area (Å²) in [5.74, 6) is 1.50. The Labute approximate surface area is 124 Å². The van der Waals surface area contributed by atoms with Crippen LogP contribution in [0.2, 0.25) is 0 Å². The van der Waals surface area contributed by atoms with Gasteiger partial charge in [-0.3, -0.25) is 4.90 Å². The molecule has 0 radical (unpaired) electrons. The molecule has 0 bridgehead atoms. The first-order valence-corrected chi connectivity index (χ1v) is 7.72. The predicted molar refractivity (Wildman–Crippen MR) is 85.3 cm³/mol. The van der Waals surface area contributed by atoms with Gasteiger partial charge in [0, 0.05) is 6.54 Å². The minimum absolute atomic E-state index is 0.740. The Bertz CT molecular complexity index is 400. The van der Waals surface area contributed by atoms with Crippen LogP contribution in [-0.4, -0.2) is 18.0 Å². The molecular formula is C18H28N2. The number of hydrogen-bond acceptors (Lipinski definition) is 2. The monoisotopic (exact) mass is 272 g/mol. The molecule has 0 atom stereocenters. The fraction of sp³-hybridized carbons (Fsp3) is 0.611. The number of benzene rings is 1. The summed E-state index contributed by atoms with van der Waals surface area (Å²) in [7, 11) is 0. The smallest absolute Gasteiger partial charge is 0.0991 e. The quantitative estimate of drug-likeness (QED) is 0.699. The van der Waals surface area contributed by atoms with Crippen molar-refractivity contribution in [2.24, 2.45) is 11.8 Å². The standard InChI is InChI=1S/C18H28N2/c1-15(2)9-11-20(12-10-16(3)4)14-18-7-5-17(13-19)6-8-18/h5-8,15-16H,9-12,14H2,1-4H3. The minimum atomic E-state index is 0.740. The number of nitriles is 1. The molecule has 0 unspecified atom stereocenters. The van der Waals surface area contributed by atoms with Gasteiger partial charge in [0.1, 0.15) is 0 Å². The number of nitrogens with zero attached hydrogens (tertiary/aromatic N) is 2. The summed E-state index contributed by atoms with van der Waals surface area (Å²) in [5, 5.41) is 8.84. The van der Waals surface area contributed by atoms with Gasteiger partial charge in [-0.1, -0.05) is 39.8 Å². The Morgan fingerprint density at radius 2 is 1.45 bits per heavy atom. The van der Waals surface area contributed by atoms with Crippen LogP contribution in [0.5, 0.6) is 0 Å². The normalized spacial score (nSPS) is 11.3. The van der Waals surface area contributed by atoms with Crippen LogP contribution in [-0.2, 0) is 6.54 Å². The first-order chi connectivity index (χ1) is 9.51. The van der Waals surface area contributed by atoms with Crippen LogP contribution >= 0.6 is 0 Å². The third kappa shape index (κ3) is 6.73. The van der Waals surface area contributed by atoms with Gasteiger partial charge in [0.25, 0.3) is 0 Å². The van der Waals surface area contributed by atoms with Gasteiger partial charge in [-0.2, -0.15) is 5.26 Å². The lowest BCUT2D eigenvalue weighted by Crippen LogP contribution is -2.27. The van der Waals surface area contributed by atoms with Gasteiger partial charge in [0.05, 0.1) is 11.6 Å². The van der Waals surface area contributed by atoms with Gasteiger partial charge in [0.15, 0.2) is 0 Å². The molecule has 0 fully saturated rings. The fourth-order valence-electron chi connectivity index (χ4n) is 2.09. The lowest BCUT2D eigenvalue weighted by molar-refractivity contribution is 0.236. The summed E-state index contributed by atoms with van der Waals surface area (Å²) in [4.78, 5) is 2.54. The van der Waals surface area contributed by atoms with E-state index in [1.54, 1.807) is 0 Å². The van der Waals surface area contributed by atoms with E-state index in [9.17, 15) is 0 Å². The van der Waals surface area contributed by atoms with Crippen molar-refractivity contribution in [2.45, 2.75) is 47.1 Å². The van der Waals surface area contributed by atoms with Gasteiger partial charge in [0.2, 0.25) is 0 Å². The molecule has 0 N–H and O–H groups in total. The number of rotatable bonds is 8. The van der Waals surface area contributed by atoms with Gasteiger partial charge >= 0.3 is 0 Å². The van der Waals surface area contributed by atoms with E-state index >= 15 is 0 Å². The molecule has 110 valence electrons. The van der Waals surface area contributed by atoms with Crippen molar-refractivity contribution >= 4 is 0 Å². The highest BCUT2D eigenvalue weighted by Gasteiger charge is 2.08. The van der Waals surface area contributed by atoms with Crippen molar-refractivity contribution in [1.29, 1.82) is 5.26 Å². The molecule has 20 heavy (non-hydrogen) atoms. The third-order valence-electron chi connectivity index (χ3n) is 3.53. The van der Waals surface area contributed by atoms with Crippen molar-refractivity contribution in [3.63, 3.8) is 0 Å². The Kier molecular flexibility index (Phi) is 7.33. The van der Waals surface area contributed by atoms with Crippen LogP contribution in [0.4, 0.5) is 0 Å². The van der Waals surface area contributed by atoms with Crippen LogP contribution in [0, 0.1) is 23.2 Å². The Hall–Kier alpha value is -1.33. The zero-order valence-corrected chi connectivity index (χ0v) is 13.4. The zero-order chi connectivity index (χ0) is 15.0. The molecule has 1 aromatic carbocycles. The summed E-state index contributed by atoms with van der Waals surface area (Å²) in [6.45, 7) is 12.4. The Morgan fingerprint density at radius 3 is 1.85 bits per heavy atom. The lowest BCUT2D eigenvalue weighted by atomic mass is 10.1. The second-order valence-electron chi connectivity index (χ2n) is 6.45. The maximum absolute atomic E-state index is 8.84. The second kappa shape index (κ2) is 8.76. The average molecular weight is 272 g/mol. The molecule has 2 heteroatoms. The van der Waals surface area contributed by atoms with Gasteiger partial charge in [-0.05, 0) is 55.5 Å². The fourth-order valence-corrected chi connectivity index (χ4v) is 2.09. The first kappa shape index (κ1) is 16.7. The van der Waals surface area contributed by atoms with Crippen LogP contribution in [0.3, 0.4) is 0 Å². The molecule has 1 aromatic rings. The highest BCUT2D eigenvalue weighted by Crippen LogP contribution is 2.12. The van der Waals surface area contributed by atoms with E-state index in [1.165, 1.54) is 18.4 Å². The Balaban J connectivity index is 2.59. The number of hydrogen-bond donors (Lipinski definition) is 0.